The van der Waals surface area contributed by atoms with E-state index in [9.17, 15) is 9.59 Å². The Bertz CT molecular complexity index is 836. The van der Waals surface area contributed by atoms with Crippen molar-refractivity contribution in [1.29, 1.82) is 0 Å². The van der Waals surface area contributed by atoms with E-state index >= 15 is 0 Å². The molecule has 8 nitrogen and oxygen atoms in total. The van der Waals surface area contributed by atoms with Gasteiger partial charge in [0.25, 0.3) is 11.5 Å². The summed E-state index contributed by atoms with van der Waals surface area (Å²) < 4.78 is 7.05. The van der Waals surface area contributed by atoms with Gasteiger partial charge in [0.15, 0.2) is 0 Å². The molecule has 1 amide bonds. The smallest absolute Gasteiger partial charge is 0.317 e. The predicted octanol–water partition coefficient (Wildman–Crippen LogP) is 1.31. The average molecular weight is 357 g/mol. The molecule has 1 fully saturated rings. The van der Waals surface area contributed by atoms with Crippen molar-refractivity contribution in [3.05, 3.63) is 45.6 Å². The van der Waals surface area contributed by atoms with Gasteiger partial charge in [-0.25, -0.2) is 14.6 Å². The fraction of sp³-hybridized carbons (Fsp3) is 0.500. The Balaban J connectivity index is 1.52. The van der Waals surface area contributed by atoms with Crippen LogP contribution in [0.15, 0.2) is 23.0 Å². The van der Waals surface area contributed by atoms with Crippen molar-refractivity contribution in [3.63, 3.8) is 0 Å². The molecule has 1 N–H and O–H groups in total. The summed E-state index contributed by atoms with van der Waals surface area (Å²) in [5, 5.41) is 6.96. The van der Waals surface area contributed by atoms with Crippen LogP contribution in [0.25, 0.3) is 0 Å². The molecule has 2 aromatic heterocycles. The molecule has 0 saturated heterocycles. The quantitative estimate of drug-likeness (QED) is 0.886. The molecule has 3 rings (SSSR count). The molecule has 1 aliphatic rings. The third kappa shape index (κ3) is 4.44. The number of amides is 1. The Kier molecular flexibility index (Phi) is 5.29. The van der Waals surface area contributed by atoms with Crippen molar-refractivity contribution in [1.82, 2.24) is 25.1 Å². The minimum Gasteiger partial charge on any atom is -0.460 e. The van der Waals surface area contributed by atoms with Gasteiger partial charge in [0.1, 0.15) is 11.8 Å². The van der Waals surface area contributed by atoms with Gasteiger partial charge in [0.2, 0.25) is 0 Å². The third-order valence-corrected chi connectivity index (χ3v) is 4.44. The van der Waals surface area contributed by atoms with E-state index in [1.54, 1.807) is 0 Å². The van der Waals surface area contributed by atoms with Crippen LogP contribution in [0.4, 0.5) is 0 Å². The lowest BCUT2D eigenvalue weighted by Crippen LogP contribution is -2.40. The highest BCUT2D eigenvalue weighted by Crippen LogP contribution is 2.22. The second-order valence-corrected chi connectivity index (χ2v) is 6.68. The molecule has 0 atom stereocenters. The summed E-state index contributed by atoms with van der Waals surface area (Å²) in [7, 11) is 1.52. The standard InChI is InChI=1S/C18H23N5O3/c1-11-10-12(2)20-18(19-11)26-14-6-4-13(5-7-14)21-17(25)15-8-9-16(24)23(3)22-15/h8-10,13-14H,4-7H2,1-3H3,(H,21,25). The Morgan fingerprint density at radius 3 is 2.42 bits per heavy atom. The summed E-state index contributed by atoms with van der Waals surface area (Å²) in [6.07, 6.45) is 3.32. The van der Waals surface area contributed by atoms with Crippen LogP contribution >= 0.6 is 0 Å². The van der Waals surface area contributed by atoms with Gasteiger partial charge < -0.3 is 10.1 Å². The van der Waals surface area contributed by atoms with Gasteiger partial charge in [0.05, 0.1) is 0 Å². The number of aryl methyl sites for hydroxylation is 3. The van der Waals surface area contributed by atoms with Crippen molar-refractivity contribution >= 4 is 5.91 Å². The topological polar surface area (TPSA) is 99.0 Å². The second kappa shape index (κ2) is 7.63. The summed E-state index contributed by atoms with van der Waals surface area (Å²) in [6.45, 7) is 3.84. The van der Waals surface area contributed by atoms with E-state index in [4.69, 9.17) is 4.74 Å². The highest BCUT2D eigenvalue weighted by molar-refractivity contribution is 5.92. The van der Waals surface area contributed by atoms with Crippen LogP contribution in [0.2, 0.25) is 0 Å². The fourth-order valence-electron chi connectivity index (χ4n) is 3.10. The van der Waals surface area contributed by atoms with E-state index in [0.29, 0.717) is 6.01 Å². The summed E-state index contributed by atoms with van der Waals surface area (Å²) >= 11 is 0. The van der Waals surface area contributed by atoms with Crippen LogP contribution in [0, 0.1) is 13.8 Å². The SMILES string of the molecule is Cc1cc(C)nc(OC2CCC(NC(=O)c3ccc(=O)n(C)n3)CC2)n1. The molecule has 138 valence electrons. The molecule has 0 bridgehead atoms. The van der Waals surface area contributed by atoms with Crippen LogP contribution in [-0.2, 0) is 7.05 Å². The molecule has 0 aliphatic heterocycles. The lowest BCUT2D eigenvalue weighted by Gasteiger charge is -2.28. The Labute approximate surface area is 151 Å². The maximum Gasteiger partial charge on any atom is 0.317 e. The van der Waals surface area contributed by atoms with Crippen LogP contribution in [0.1, 0.15) is 47.6 Å². The molecular weight excluding hydrogens is 334 g/mol. The van der Waals surface area contributed by atoms with E-state index in [-0.39, 0.29) is 29.3 Å². The number of nitrogens with zero attached hydrogens (tertiary/aromatic N) is 4. The van der Waals surface area contributed by atoms with E-state index < -0.39 is 0 Å². The highest BCUT2D eigenvalue weighted by Gasteiger charge is 2.25. The van der Waals surface area contributed by atoms with Crippen LogP contribution in [-0.4, -0.2) is 37.8 Å². The first-order chi connectivity index (χ1) is 12.4. The summed E-state index contributed by atoms with van der Waals surface area (Å²) in [5.41, 5.74) is 1.78. The zero-order valence-corrected chi connectivity index (χ0v) is 15.2. The third-order valence-electron chi connectivity index (χ3n) is 4.44. The van der Waals surface area contributed by atoms with Crippen LogP contribution in [0.5, 0.6) is 6.01 Å². The van der Waals surface area contributed by atoms with Crippen molar-refractivity contribution in [2.45, 2.75) is 51.7 Å². The molecule has 0 unspecified atom stereocenters. The first-order valence-electron chi connectivity index (χ1n) is 8.75. The molecule has 0 aromatic carbocycles. The van der Waals surface area contributed by atoms with Gasteiger partial charge in [-0.15, -0.1) is 0 Å². The first-order valence-corrected chi connectivity index (χ1v) is 8.75. The highest BCUT2D eigenvalue weighted by atomic mass is 16.5. The number of carbonyl (C=O) groups is 1. The first kappa shape index (κ1) is 18.0. The number of carbonyl (C=O) groups excluding carboxylic acids is 1. The summed E-state index contributed by atoms with van der Waals surface area (Å²) in [5.74, 6) is -0.261. The number of rotatable bonds is 4. The Hall–Kier alpha value is -2.77. The maximum atomic E-state index is 12.3. The van der Waals surface area contributed by atoms with Gasteiger partial charge in [-0.1, -0.05) is 0 Å². The van der Waals surface area contributed by atoms with E-state index in [1.807, 2.05) is 19.9 Å². The normalized spacial score (nSPS) is 19.8. The average Bonchev–Trinajstić information content (AvgIpc) is 2.58. The van der Waals surface area contributed by atoms with Crippen LogP contribution < -0.4 is 15.6 Å². The summed E-state index contributed by atoms with van der Waals surface area (Å²) in [4.78, 5) is 32.3. The summed E-state index contributed by atoms with van der Waals surface area (Å²) in [6, 6.07) is 5.19. The fourth-order valence-corrected chi connectivity index (χ4v) is 3.10. The minimum absolute atomic E-state index is 0.0556. The van der Waals surface area contributed by atoms with Gasteiger partial charge in [0, 0.05) is 30.5 Å². The number of aromatic nitrogens is 4. The van der Waals surface area contributed by atoms with Gasteiger partial charge in [-0.3, -0.25) is 9.59 Å². The minimum atomic E-state index is -0.261. The van der Waals surface area contributed by atoms with Crippen molar-refractivity contribution in [2.24, 2.45) is 7.05 Å². The number of ether oxygens (including phenoxy) is 1. The van der Waals surface area contributed by atoms with E-state index in [1.165, 1.54) is 19.2 Å². The molecule has 26 heavy (non-hydrogen) atoms. The number of hydrogen-bond acceptors (Lipinski definition) is 6. The molecule has 2 heterocycles. The molecule has 1 aliphatic carbocycles. The van der Waals surface area contributed by atoms with Gasteiger partial charge in [-0.05, 0) is 51.7 Å². The van der Waals surface area contributed by atoms with Crippen LogP contribution in [0.3, 0.4) is 0 Å². The van der Waals surface area contributed by atoms with Gasteiger partial charge >= 0.3 is 6.01 Å². The van der Waals surface area contributed by atoms with Crippen molar-refractivity contribution in [3.8, 4) is 6.01 Å². The zero-order chi connectivity index (χ0) is 18.7. The lowest BCUT2D eigenvalue weighted by atomic mass is 9.93. The maximum absolute atomic E-state index is 12.3. The van der Waals surface area contributed by atoms with E-state index in [0.717, 1.165) is 41.8 Å². The Morgan fingerprint density at radius 1 is 1.15 bits per heavy atom. The monoisotopic (exact) mass is 357 g/mol. The predicted molar refractivity (Wildman–Crippen MR) is 95.1 cm³/mol. The zero-order valence-electron chi connectivity index (χ0n) is 15.2. The van der Waals surface area contributed by atoms with E-state index in [2.05, 4.69) is 20.4 Å². The van der Waals surface area contributed by atoms with Gasteiger partial charge in [-0.2, -0.15) is 5.10 Å². The molecule has 2 aromatic rings. The molecule has 8 heteroatoms. The van der Waals surface area contributed by atoms with Crippen molar-refractivity contribution < 1.29 is 9.53 Å². The largest absolute Gasteiger partial charge is 0.460 e. The molecule has 0 spiro atoms. The Morgan fingerprint density at radius 2 is 1.81 bits per heavy atom. The molecule has 0 radical (unpaired) electrons. The lowest BCUT2D eigenvalue weighted by molar-refractivity contribution is 0.0878. The van der Waals surface area contributed by atoms with Crippen molar-refractivity contribution in [2.75, 3.05) is 0 Å². The molecular formula is C18H23N5O3. The second-order valence-electron chi connectivity index (χ2n) is 6.68. The number of hydrogen-bond donors (Lipinski definition) is 1. The number of nitrogens with one attached hydrogen (secondary N) is 1. The molecule has 1 saturated carbocycles.